The van der Waals surface area contributed by atoms with Gasteiger partial charge < -0.3 is 20.7 Å². The van der Waals surface area contributed by atoms with E-state index in [0.29, 0.717) is 24.3 Å². The summed E-state index contributed by atoms with van der Waals surface area (Å²) in [6, 6.07) is 15.0. The van der Waals surface area contributed by atoms with Crippen molar-refractivity contribution in [2.75, 3.05) is 12.4 Å². The summed E-state index contributed by atoms with van der Waals surface area (Å²) >= 11 is 0. The van der Waals surface area contributed by atoms with Gasteiger partial charge in [0.2, 0.25) is 5.91 Å². The predicted octanol–water partition coefficient (Wildman–Crippen LogP) is 3.09. The van der Waals surface area contributed by atoms with E-state index in [9.17, 15) is 9.59 Å². The maximum atomic E-state index is 12.4. The number of hydrogen-bond acceptors (Lipinski definition) is 4. The van der Waals surface area contributed by atoms with E-state index in [1.54, 1.807) is 31.4 Å². The molecule has 3 rings (SSSR count). The molecule has 1 atom stereocenters. The van der Waals surface area contributed by atoms with Crippen LogP contribution in [-0.2, 0) is 11.3 Å². The van der Waals surface area contributed by atoms with Gasteiger partial charge in [-0.05, 0) is 62.2 Å². The fourth-order valence-corrected chi connectivity index (χ4v) is 3.45. The van der Waals surface area contributed by atoms with Gasteiger partial charge in [-0.25, -0.2) is 0 Å². The Labute approximate surface area is 165 Å². The van der Waals surface area contributed by atoms with Crippen LogP contribution in [0.1, 0.15) is 42.6 Å². The highest BCUT2D eigenvalue weighted by Gasteiger charge is 2.34. The fourth-order valence-electron chi connectivity index (χ4n) is 3.45. The smallest absolute Gasteiger partial charge is 0.255 e. The van der Waals surface area contributed by atoms with E-state index in [-0.39, 0.29) is 23.4 Å². The molecule has 28 heavy (non-hydrogen) atoms. The maximum absolute atomic E-state index is 12.4. The van der Waals surface area contributed by atoms with E-state index in [4.69, 9.17) is 4.74 Å². The molecule has 6 nitrogen and oxygen atoms in total. The number of methoxy groups -OCH3 is 1. The van der Waals surface area contributed by atoms with Gasteiger partial charge >= 0.3 is 0 Å². The van der Waals surface area contributed by atoms with Crippen molar-refractivity contribution in [3.05, 3.63) is 59.7 Å². The van der Waals surface area contributed by atoms with Crippen LogP contribution in [0.15, 0.2) is 48.5 Å². The molecule has 0 spiro atoms. The second-order valence-electron chi connectivity index (χ2n) is 7.63. The Morgan fingerprint density at radius 2 is 1.96 bits per heavy atom. The lowest BCUT2D eigenvalue weighted by molar-refractivity contribution is -0.125. The van der Waals surface area contributed by atoms with E-state index in [0.717, 1.165) is 17.7 Å². The first-order valence-corrected chi connectivity index (χ1v) is 9.46. The molecule has 1 saturated heterocycles. The number of rotatable bonds is 6. The Hall–Kier alpha value is -2.86. The van der Waals surface area contributed by atoms with Crippen LogP contribution in [-0.4, -0.2) is 30.5 Å². The summed E-state index contributed by atoms with van der Waals surface area (Å²) in [5.74, 6) is 0.654. The predicted molar refractivity (Wildman–Crippen MR) is 109 cm³/mol. The molecule has 1 aliphatic rings. The third-order valence-corrected chi connectivity index (χ3v) is 5.08. The quantitative estimate of drug-likeness (QED) is 0.718. The molecule has 148 valence electrons. The number of carbonyl (C=O) groups excluding carboxylic acids is 2. The van der Waals surface area contributed by atoms with Crippen LogP contribution in [0, 0.1) is 0 Å². The van der Waals surface area contributed by atoms with Crippen LogP contribution >= 0.6 is 0 Å². The Morgan fingerprint density at radius 1 is 1.21 bits per heavy atom. The topological polar surface area (TPSA) is 79.5 Å². The molecule has 1 fully saturated rings. The molecular formula is C22H27N3O3. The minimum absolute atomic E-state index is 0.103. The molecule has 2 aromatic rings. The van der Waals surface area contributed by atoms with Gasteiger partial charge in [0.25, 0.3) is 5.91 Å². The number of hydrogen-bond donors (Lipinski definition) is 3. The first-order valence-electron chi connectivity index (χ1n) is 9.46. The Bertz CT molecular complexity index is 846. The maximum Gasteiger partial charge on any atom is 0.255 e. The van der Waals surface area contributed by atoms with Gasteiger partial charge in [-0.2, -0.15) is 0 Å². The molecule has 0 aliphatic carbocycles. The molecule has 2 amide bonds. The lowest BCUT2D eigenvalue weighted by Crippen LogP contribution is -2.60. The van der Waals surface area contributed by atoms with Crippen molar-refractivity contribution in [2.45, 2.75) is 44.8 Å². The van der Waals surface area contributed by atoms with Gasteiger partial charge in [0.15, 0.2) is 0 Å². The zero-order chi connectivity index (χ0) is 20.1. The van der Waals surface area contributed by atoms with E-state index < -0.39 is 0 Å². The summed E-state index contributed by atoms with van der Waals surface area (Å²) in [5, 5.41) is 9.50. The molecule has 0 bridgehead atoms. The number of carbonyl (C=O) groups is 2. The number of benzene rings is 2. The van der Waals surface area contributed by atoms with Crippen molar-refractivity contribution >= 4 is 17.5 Å². The highest BCUT2D eigenvalue weighted by Crippen LogP contribution is 2.21. The summed E-state index contributed by atoms with van der Waals surface area (Å²) in [6.07, 6.45) is 1.35. The van der Waals surface area contributed by atoms with Gasteiger partial charge in [0.05, 0.1) is 7.11 Å². The molecule has 1 unspecified atom stereocenters. The second-order valence-corrected chi connectivity index (χ2v) is 7.63. The van der Waals surface area contributed by atoms with Crippen molar-refractivity contribution in [2.24, 2.45) is 0 Å². The fraction of sp³-hybridized carbons (Fsp3) is 0.364. The minimum atomic E-state index is -0.282. The SMILES string of the molecule is COc1ccc(C(=O)Nc2cccc(CNC3CCC(=O)NC3(C)C)c2)cc1. The van der Waals surface area contributed by atoms with Gasteiger partial charge in [0.1, 0.15) is 5.75 Å². The number of amides is 2. The third kappa shape index (κ3) is 4.89. The average Bonchev–Trinajstić information content (AvgIpc) is 2.67. The molecule has 0 aromatic heterocycles. The molecule has 2 aromatic carbocycles. The van der Waals surface area contributed by atoms with Crippen LogP contribution < -0.4 is 20.7 Å². The van der Waals surface area contributed by atoms with Gasteiger partial charge in [-0.3, -0.25) is 9.59 Å². The molecule has 1 aliphatic heterocycles. The highest BCUT2D eigenvalue weighted by atomic mass is 16.5. The van der Waals surface area contributed by atoms with Gasteiger partial charge in [0, 0.05) is 35.8 Å². The van der Waals surface area contributed by atoms with Crippen molar-refractivity contribution in [3.63, 3.8) is 0 Å². The van der Waals surface area contributed by atoms with E-state index in [1.165, 1.54) is 0 Å². The number of anilines is 1. The van der Waals surface area contributed by atoms with Crippen LogP contribution in [0.3, 0.4) is 0 Å². The van der Waals surface area contributed by atoms with Crippen molar-refractivity contribution in [3.8, 4) is 5.75 Å². The summed E-state index contributed by atoms with van der Waals surface area (Å²) in [7, 11) is 1.59. The Kier molecular flexibility index (Phi) is 5.99. The van der Waals surface area contributed by atoms with E-state index in [1.807, 2.05) is 38.1 Å². The van der Waals surface area contributed by atoms with Crippen molar-refractivity contribution < 1.29 is 14.3 Å². The van der Waals surface area contributed by atoms with Crippen molar-refractivity contribution in [1.29, 1.82) is 0 Å². The molecular weight excluding hydrogens is 354 g/mol. The molecule has 6 heteroatoms. The van der Waals surface area contributed by atoms with Crippen LogP contribution in [0.4, 0.5) is 5.69 Å². The highest BCUT2D eigenvalue weighted by molar-refractivity contribution is 6.04. The van der Waals surface area contributed by atoms with Crippen LogP contribution in [0.25, 0.3) is 0 Å². The van der Waals surface area contributed by atoms with E-state index >= 15 is 0 Å². The summed E-state index contributed by atoms with van der Waals surface area (Å²) < 4.78 is 5.12. The zero-order valence-electron chi connectivity index (χ0n) is 16.5. The van der Waals surface area contributed by atoms with Gasteiger partial charge in [-0.15, -0.1) is 0 Å². The van der Waals surface area contributed by atoms with Gasteiger partial charge in [-0.1, -0.05) is 12.1 Å². The lowest BCUT2D eigenvalue weighted by Gasteiger charge is -2.39. The number of ether oxygens (including phenoxy) is 1. The largest absolute Gasteiger partial charge is 0.497 e. The lowest BCUT2D eigenvalue weighted by atomic mass is 9.87. The third-order valence-electron chi connectivity index (χ3n) is 5.08. The summed E-state index contributed by atoms with van der Waals surface area (Å²) in [4.78, 5) is 24.1. The summed E-state index contributed by atoms with van der Waals surface area (Å²) in [6.45, 7) is 4.73. The Balaban J connectivity index is 1.60. The summed E-state index contributed by atoms with van der Waals surface area (Å²) in [5.41, 5.74) is 2.11. The first-order chi connectivity index (χ1) is 13.4. The molecule has 1 heterocycles. The van der Waals surface area contributed by atoms with Crippen LogP contribution in [0.5, 0.6) is 5.75 Å². The van der Waals surface area contributed by atoms with Crippen molar-refractivity contribution in [1.82, 2.24) is 10.6 Å². The first kappa shape index (κ1) is 19.9. The van der Waals surface area contributed by atoms with E-state index in [2.05, 4.69) is 16.0 Å². The minimum Gasteiger partial charge on any atom is -0.497 e. The normalized spacial score (nSPS) is 18.2. The average molecular weight is 381 g/mol. The number of nitrogens with one attached hydrogen (secondary N) is 3. The van der Waals surface area contributed by atoms with Crippen LogP contribution in [0.2, 0.25) is 0 Å². The standard InChI is InChI=1S/C22H27N3O3/c1-22(2)19(11-12-20(26)25-22)23-14-15-5-4-6-17(13-15)24-21(27)16-7-9-18(28-3)10-8-16/h4-10,13,19,23H,11-12,14H2,1-3H3,(H,24,27)(H,25,26). The zero-order valence-corrected chi connectivity index (χ0v) is 16.5. The molecule has 0 radical (unpaired) electrons. The monoisotopic (exact) mass is 381 g/mol. The molecule has 0 saturated carbocycles. The molecule has 3 N–H and O–H groups in total. The second kappa shape index (κ2) is 8.44. The number of piperidine rings is 1. The Morgan fingerprint density at radius 3 is 2.64 bits per heavy atom.